The summed E-state index contributed by atoms with van der Waals surface area (Å²) >= 11 is 0. The van der Waals surface area contributed by atoms with Crippen molar-refractivity contribution in [2.75, 3.05) is 11.9 Å². The van der Waals surface area contributed by atoms with Gasteiger partial charge in [0, 0.05) is 24.4 Å². The highest BCUT2D eigenvalue weighted by molar-refractivity contribution is 5.32. The van der Waals surface area contributed by atoms with Gasteiger partial charge in [0.1, 0.15) is 0 Å². The van der Waals surface area contributed by atoms with Crippen molar-refractivity contribution in [3.05, 3.63) is 18.3 Å². The summed E-state index contributed by atoms with van der Waals surface area (Å²) in [4.78, 5) is 7.04. The topological polar surface area (TPSA) is 37.8 Å². The Labute approximate surface area is 84.7 Å². The summed E-state index contributed by atoms with van der Waals surface area (Å²) in [5.41, 5.74) is -0.982. The van der Waals surface area contributed by atoms with Crippen LogP contribution in [0, 0.1) is 11.4 Å². The smallest absolute Gasteiger partial charge is 0.255 e. The summed E-state index contributed by atoms with van der Waals surface area (Å²) in [7, 11) is 0. The predicted molar refractivity (Wildman–Crippen MR) is 48.2 cm³/mol. The van der Waals surface area contributed by atoms with E-state index >= 15 is 0 Å². The molecule has 6 heteroatoms. The van der Waals surface area contributed by atoms with Crippen LogP contribution in [-0.4, -0.2) is 22.9 Å². The van der Waals surface area contributed by atoms with Gasteiger partial charge >= 0.3 is 0 Å². The van der Waals surface area contributed by atoms with Gasteiger partial charge in [-0.25, -0.2) is 18.7 Å². The molecule has 1 aliphatic carbocycles. The third-order valence-electron chi connectivity index (χ3n) is 2.62. The standard InChI is InChI=1S/C9H10F3N3/c10-6-7(14-4-3-13-6)15-5-9(1-2-9)8(11)12/h3-4,8H,1-2,5H2,(H,14,15). The first-order valence-electron chi connectivity index (χ1n) is 4.63. The molecule has 0 radical (unpaired) electrons. The first-order chi connectivity index (χ1) is 7.14. The fourth-order valence-electron chi connectivity index (χ4n) is 1.33. The van der Waals surface area contributed by atoms with E-state index in [1.165, 1.54) is 12.4 Å². The molecule has 82 valence electrons. The number of halogens is 3. The number of hydrogen-bond donors (Lipinski definition) is 1. The lowest BCUT2D eigenvalue weighted by molar-refractivity contribution is 0.0687. The highest BCUT2D eigenvalue weighted by Gasteiger charge is 2.50. The molecule has 0 atom stereocenters. The van der Waals surface area contributed by atoms with Gasteiger partial charge in [-0.15, -0.1) is 0 Å². The summed E-state index contributed by atoms with van der Waals surface area (Å²) in [6.45, 7) is 0.0419. The van der Waals surface area contributed by atoms with Crippen LogP contribution in [0.5, 0.6) is 0 Å². The first kappa shape index (κ1) is 10.2. The van der Waals surface area contributed by atoms with Crippen LogP contribution in [0.3, 0.4) is 0 Å². The summed E-state index contributed by atoms with van der Waals surface area (Å²) < 4.78 is 38.0. The van der Waals surface area contributed by atoms with Crippen LogP contribution in [0.1, 0.15) is 12.8 Å². The van der Waals surface area contributed by atoms with Crippen molar-refractivity contribution in [2.24, 2.45) is 5.41 Å². The second-order valence-corrected chi connectivity index (χ2v) is 3.71. The van der Waals surface area contributed by atoms with Crippen LogP contribution in [0.4, 0.5) is 19.0 Å². The van der Waals surface area contributed by atoms with Crippen LogP contribution >= 0.6 is 0 Å². The van der Waals surface area contributed by atoms with Crippen molar-refractivity contribution in [1.29, 1.82) is 0 Å². The Morgan fingerprint density at radius 3 is 2.53 bits per heavy atom. The first-order valence-corrected chi connectivity index (χ1v) is 4.63. The van der Waals surface area contributed by atoms with Gasteiger partial charge in [-0.1, -0.05) is 0 Å². The van der Waals surface area contributed by atoms with E-state index in [2.05, 4.69) is 15.3 Å². The van der Waals surface area contributed by atoms with Crippen molar-refractivity contribution in [1.82, 2.24) is 9.97 Å². The lowest BCUT2D eigenvalue weighted by atomic mass is 10.1. The number of hydrogen-bond acceptors (Lipinski definition) is 3. The zero-order valence-corrected chi connectivity index (χ0v) is 7.88. The maximum atomic E-state index is 13.0. The van der Waals surface area contributed by atoms with Crippen LogP contribution < -0.4 is 5.32 Å². The highest BCUT2D eigenvalue weighted by atomic mass is 19.3. The molecule has 1 heterocycles. The maximum Gasteiger partial charge on any atom is 0.255 e. The molecule has 2 rings (SSSR count). The van der Waals surface area contributed by atoms with Crippen LogP contribution in [0.15, 0.2) is 12.4 Å². The summed E-state index contributed by atoms with van der Waals surface area (Å²) in [5, 5.41) is 2.57. The highest BCUT2D eigenvalue weighted by Crippen LogP contribution is 2.50. The van der Waals surface area contributed by atoms with E-state index in [-0.39, 0.29) is 12.4 Å². The van der Waals surface area contributed by atoms with E-state index in [1.54, 1.807) is 0 Å². The Bertz CT molecular complexity index is 352. The Balaban J connectivity index is 1.97. The molecule has 15 heavy (non-hydrogen) atoms. The quantitative estimate of drug-likeness (QED) is 0.838. The number of nitrogens with zero attached hydrogens (tertiary/aromatic N) is 2. The Morgan fingerprint density at radius 1 is 1.33 bits per heavy atom. The van der Waals surface area contributed by atoms with E-state index in [1.807, 2.05) is 0 Å². The Kier molecular flexibility index (Phi) is 2.50. The number of alkyl halides is 2. The van der Waals surface area contributed by atoms with Gasteiger partial charge in [0.15, 0.2) is 5.82 Å². The molecule has 1 saturated carbocycles. The SMILES string of the molecule is Fc1nccnc1NCC1(C(F)F)CC1. The molecule has 1 N–H and O–H groups in total. The van der Waals surface area contributed by atoms with Gasteiger partial charge in [-0.2, -0.15) is 4.39 Å². The second kappa shape index (κ2) is 3.67. The molecule has 0 saturated heterocycles. The number of nitrogens with one attached hydrogen (secondary N) is 1. The van der Waals surface area contributed by atoms with Gasteiger partial charge in [0.2, 0.25) is 6.43 Å². The van der Waals surface area contributed by atoms with Crippen molar-refractivity contribution in [3.8, 4) is 0 Å². The molecule has 0 aromatic carbocycles. The third-order valence-corrected chi connectivity index (χ3v) is 2.62. The van der Waals surface area contributed by atoms with Crippen LogP contribution in [-0.2, 0) is 0 Å². The Hall–Kier alpha value is -1.33. The second-order valence-electron chi connectivity index (χ2n) is 3.71. The van der Waals surface area contributed by atoms with Crippen LogP contribution in [0.25, 0.3) is 0 Å². The van der Waals surface area contributed by atoms with Crippen molar-refractivity contribution in [2.45, 2.75) is 19.3 Å². The fourth-order valence-corrected chi connectivity index (χ4v) is 1.33. The van der Waals surface area contributed by atoms with Crippen molar-refractivity contribution >= 4 is 5.82 Å². The van der Waals surface area contributed by atoms with Gasteiger partial charge in [0.05, 0.1) is 0 Å². The maximum absolute atomic E-state index is 13.0. The van der Waals surface area contributed by atoms with Crippen molar-refractivity contribution < 1.29 is 13.2 Å². The van der Waals surface area contributed by atoms with Gasteiger partial charge in [-0.05, 0) is 12.8 Å². The average Bonchev–Trinajstić information content (AvgIpc) is 2.98. The molecule has 0 amide bonds. The number of aromatic nitrogens is 2. The lowest BCUT2D eigenvalue weighted by Crippen LogP contribution is -2.23. The van der Waals surface area contributed by atoms with Gasteiger partial charge in [-0.3, -0.25) is 0 Å². The minimum Gasteiger partial charge on any atom is -0.365 e. The predicted octanol–water partition coefficient (Wildman–Crippen LogP) is 2.07. The minimum absolute atomic E-state index is 0.0419. The van der Waals surface area contributed by atoms with E-state index < -0.39 is 17.8 Å². The molecule has 0 aliphatic heterocycles. The van der Waals surface area contributed by atoms with Gasteiger partial charge < -0.3 is 5.32 Å². The zero-order valence-electron chi connectivity index (χ0n) is 7.88. The summed E-state index contributed by atoms with van der Waals surface area (Å²) in [6, 6.07) is 0. The van der Waals surface area contributed by atoms with Crippen molar-refractivity contribution in [3.63, 3.8) is 0 Å². The molecule has 1 aliphatic rings. The largest absolute Gasteiger partial charge is 0.365 e. The van der Waals surface area contributed by atoms with E-state index in [0.29, 0.717) is 12.8 Å². The number of anilines is 1. The average molecular weight is 217 g/mol. The number of rotatable bonds is 4. The molecular formula is C9H10F3N3. The summed E-state index contributed by atoms with van der Waals surface area (Å²) in [5.74, 6) is -0.827. The lowest BCUT2D eigenvalue weighted by Gasteiger charge is -2.14. The molecule has 0 spiro atoms. The molecule has 1 aromatic heterocycles. The van der Waals surface area contributed by atoms with E-state index in [4.69, 9.17) is 0 Å². The molecule has 3 nitrogen and oxygen atoms in total. The normalized spacial score (nSPS) is 17.9. The molecule has 1 aromatic rings. The van der Waals surface area contributed by atoms with Gasteiger partial charge in [0.25, 0.3) is 5.95 Å². The van der Waals surface area contributed by atoms with E-state index in [0.717, 1.165) is 0 Å². The monoisotopic (exact) mass is 217 g/mol. The molecule has 0 unspecified atom stereocenters. The van der Waals surface area contributed by atoms with Crippen LogP contribution in [0.2, 0.25) is 0 Å². The fraction of sp³-hybridized carbons (Fsp3) is 0.556. The zero-order chi connectivity index (χ0) is 10.9. The molecular weight excluding hydrogens is 207 g/mol. The third kappa shape index (κ3) is 2.03. The molecule has 0 bridgehead atoms. The van der Waals surface area contributed by atoms with E-state index in [9.17, 15) is 13.2 Å². The molecule has 1 fully saturated rings. The minimum atomic E-state index is -2.37. The Morgan fingerprint density at radius 2 is 2.00 bits per heavy atom. The summed E-state index contributed by atoms with van der Waals surface area (Å²) in [6.07, 6.45) is 1.09.